The molecule has 2 atom stereocenters. The molecule has 1 saturated carbocycles. The molecule has 150 valence electrons. The van der Waals surface area contributed by atoms with Crippen LogP contribution >= 0.6 is 0 Å². The number of anilines is 1. The molecule has 1 aliphatic carbocycles. The molecule has 2 amide bonds. The molecule has 3 N–H and O–H groups in total. The van der Waals surface area contributed by atoms with Crippen LogP contribution in [0.4, 0.5) is 5.95 Å². The summed E-state index contributed by atoms with van der Waals surface area (Å²) >= 11 is 0. The molecule has 0 unspecified atom stereocenters. The first-order chi connectivity index (χ1) is 12.5. The van der Waals surface area contributed by atoms with E-state index in [0.29, 0.717) is 37.6 Å². The van der Waals surface area contributed by atoms with Gasteiger partial charge in [0.15, 0.2) is 0 Å². The zero-order chi connectivity index (χ0) is 20.4. The van der Waals surface area contributed by atoms with Crippen LogP contribution in [-0.4, -0.2) is 53.9 Å². The molecule has 1 aromatic rings. The zero-order valence-corrected chi connectivity index (χ0v) is 17.1. The molecule has 1 heterocycles. The minimum atomic E-state index is -0.612. The minimum Gasteiger partial charge on any atom is -0.354 e. The van der Waals surface area contributed by atoms with Gasteiger partial charge in [-0.25, -0.2) is 4.98 Å². The fourth-order valence-corrected chi connectivity index (χ4v) is 3.87. The summed E-state index contributed by atoms with van der Waals surface area (Å²) in [7, 11) is 3.51. The van der Waals surface area contributed by atoms with Crippen LogP contribution in [-0.2, 0) is 9.59 Å². The van der Waals surface area contributed by atoms with Gasteiger partial charge in [-0.2, -0.15) is 0 Å². The lowest BCUT2D eigenvalue weighted by Crippen LogP contribution is -2.50. The van der Waals surface area contributed by atoms with Crippen LogP contribution in [0.25, 0.3) is 0 Å². The average Bonchev–Trinajstić information content (AvgIpc) is 2.80. The van der Waals surface area contributed by atoms with Crippen LogP contribution in [0.1, 0.15) is 39.3 Å². The molecule has 1 aromatic heterocycles. The summed E-state index contributed by atoms with van der Waals surface area (Å²) in [4.78, 5) is 45.2. The van der Waals surface area contributed by atoms with Crippen LogP contribution in [0, 0.1) is 23.7 Å². The van der Waals surface area contributed by atoms with Gasteiger partial charge < -0.3 is 15.5 Å². The molecule has 2 rings (SSSR count). The van der Waals surface area contributed by atoms with E-state index in [0.717, 1.165) is 0 Å². The molecule has 1 fully saturated rings. The van der Waals surface area contributed by atoms with Gasteiger partial charge in [0.1, 0.15) is 0 Å². The van der Waals surface area contributed by atoms with Crippen molar-refractivity contribution in [2.75, 3.05) is 32.5 Å². The van der Waals surface area contributed by atoms with Gasteiger partial charge in [-0.15, -0.1) is 0 Å². The fraction of sp³-hybridized carbons (Fsp3) is 0.684. The molecule has 8 heteroatoms. The minimum absolute atomic E-state index is 0.0472. The van der Waals surface area contributed by atoms with Crippen molar-refractivity contribution in [1.82, 2.24) is 20.2 Å². The van der Waals surface area contributed by atoms with E-state index in [9.17, 15) is 14.4 Å². The zero-order valence-electron chi connectivity index (χ0n) is 17.1. The second-order valence-corrected chi connectivity index (χ2v) is 8.30. The van der Waals surface area contributed by atoms with Crippen molar-refractivity contribution in [3.63, 3.8) is 0 Å². The van der Waals surface area contributed by atoms with Crippen LogP contribution < -0.4 is 16.2 Å². The van der Waals surface area contributed by atoms with Gasteiger partial charge in [0.05, 0.1) is 5.41 Å². The predicted octanol–water partition coefficient (Wildman–Crippen LogP) is 1.14. The van der Waals surface area contributed by atoms with Gasteiger partial charge >= 0.3 is 0 Å². The van der Waals surface area contributed by atoms with E-state index < -0.39 is 10.8 Å². The smallest absolute Gasteiger partial charge is 0.252 e. The van der Waals surface area contributed by atoms with Gasteiger partial charge in [-0.1, -0.05) is 20.8 Å². The SMILES string of the molecule is Cc1cc(=O)[nH]c(NCCNC(=O)[C@@]2(C)CC[C@H](C(=O)N(C)C)C2(C)C)n1. The summed E-state index contributed by atoms with van der Waals surface area (Å²) in [5.74, 6) is 0.253. The third kappa shape index (κ3) is 4.14. The Morgan fingerprint density at radius 3 is 2.56 bits per heavy atom. The lowest BCUT2D eigenvalue weighted by Gasteiger charge is -2.40. The number of aryl methyl sites for hydroxylation is 1. The Kier molecular flexibility index (Phi) is 5.97. The molecular formula is C19H31N5O3. The fourth-order valence-electron chi connectivity index (χ4n) is 3.87. The van der Waals surface area contributed by atoms with Gasteiger partial charge in [0.2, 0.25) is 17.8 Å². The van der Waals surface area contributed by atoms with Crippen molar-refractivity contribution < 1.29 is 9.59 Å². The summed E-state index contributed by atoms with van der Waals surface area (Å²) in [6.07, 6.45) is 1.39. The molecule has 27 heavy (non-hydrogen) atoms. The predicted molar refractivity (Wildman–Crippen MR) is 104 cm³/mol. The number of nitrogens with zero attached hydrogens (tertiary/aromatic N) is 2. The first-order valence-corrected chi connectivity index (χ1v) is 9.30. The number of carbonyl (C=O) groups is 2. The normalized spacial score (nSPS) is 23.7. The maximum Gasteiger partial charge on any atom is 0.252 e. The summed E-state index contributed by atoms with van der Waals surface area (Å²) < 4.78 is 0. The van der Waals surface area contributed by atoms with Crippen molar-refractivity contribution in [3.05, 3.63) is 22.1 Å². The highest BCUT2D eigenvalue weighted by molar-refractivity contribution is 5.87. The van der Waals surface area contributed by atoms with E-state index in [1.165, 1.54) is 6.07 Å². The van der Waals surface area contributed by atoms with E-state index >= 15 is 0 Å². The number of hydrogen-bond acceptors (Lipinski definition) is 5. The van der Waals surface area contributed by atoms with Crippen LogP contribution in [0.5, 0.6) is 0 Å². The number of aromatic amines is 1. The van der Waals surface area contributed by atoms with Crippen LogP contribution in [0.2, 0.25) is 0 Å². The Balaban J connectivity index is 1.95. The molecule has 0 spiro atoms. The monoisotopic (exact) mass is 377 g/mol. The summed E-state index contributed by atoms with van der Waals surface area (Å²) in [6, 6.07) is 1.42. The molecule has 0 aromatic carbocycles. The van der Waals surface area contributed by atoms with E-state index in [1.807, 2.05) is 20.8 Å². The van der Waals surface area contributed by atoms with E-state index in [4.69, 9.17) is 0 Å². The Labute approximate surface area is 160 Å². The topological polar surface area (TPSA) is 107 Å². The van der Waals surface area contributed by atoms with Crippen molar-refractivity contribution in [1.29, 1.82) is 0 Å². The van der Waals surface area contributed by atoms with Gasteiger partial charge in [-0.3, -0.25) is 19.4 Å². The van der Waals surface area contributed by atoms with Gasteiger partial charge in [-0.05, 0) is 25.2 Å². The van der Waals surface area contributed by atoms with Crippen LogP contribution in [0.15, 0.2) is 10.9 Å². The first kappa shape index (κ1) is 20.9. The van der Waals surface area contributed by atoms with E-state index in [1.54, 1.807) is 25.9 Å². The highest BCUT2D eigenvalue weighted by atomic mass is 16.2. The molecular weight excluding hydrogens is 346 g/mol. The molecule has 1 aliphatic rings. The largest absolute Gasteiger partial charge is 0.354 e. The maximum atomic E-state index is 12.9. The Hall–Kier alpha value is -2.38. The number of H-pyrrole nitrogens is 1. The third-order valence-corrected chi connectivity index (χ3v) is 6.04. The molecule has 0 saturated heterocycles. The van der Waals surface area contributed by atoms with Crippen molar-refractivity contribution >= 4 is 17.8 Å². The highest BCUT2D eigenvalue weighted by Crippen LogP contribution is 2.56. The van der Waals surface area contributed by atoms with Gasteiger partial charge in [0, 0.05) is 44.9 Å². The Morgan fingerprint density at radius 1 is 1.30 bits per heavy atom. The highest BCUT2D eigenvalue weighted by Gasteiger charge is 2.58. The number of rotatable bonds is 6. The van der Waals surface area contributed by atoms with Gasteiger partial charge in [0.25, 0.3) is 5.56 Å². The summed E-state index contributed by atoms with van der Waals surface area (Å²) in [5, 5.41) is 5.97. The number of nitrogens with one attached hydrogen (secondary N) is 3. The quantitative estimate of drug-likeness (QED) is 0.645. The van der Waals surface area contributed by atoms with Crippen LogP contribution in [0.3, 0.4) is 0 Å². The lowest BCUT2D eigenvalue weighted by atomic mass is 9.65. The van der Waals surface area contributed by atoms with Crippen molar-refractivity contribution in [2.24, 2.45) is 16.7 Å². The Morgan fingerprint density at radius 2 is 1.96 bits per heavy atom. The second-order valence-electron chi connectivity index (χ2n) is 8.30. The number of hydrogen-bond donors (Lipinski definition) is 3. The molecule has 0 bridgehead atoms. The van der Waals surface area contributed by atoms with E-state index in [-0.39, 0.29) is 23.3 Å². The Bertz CT molecular complexity index is 771. The second kappa shape index (κ2) is 7.70. The summed E-state index contributed by atoms with van der Waals surface area (Å²) in [6.45, 7) is 8.54. The van der Waals surface area contributed by atoms with Crippen molar-refractivity contribution in [2.45, 2.75) is 40.5 Å². The molecule has 0 radical (unpaired) electrons. The number of aromatic nitrogens is 2. The standard InChI is InChI=1S/C19H31N5O3/c1-12-11-14(25)23-17(22-12)21-10-9-20-16(27)19(4)8-7-13(18(19,2)3)15(26)24(5)6/h11,13H,7-10H2,1-6H3,(H,20,27)(H2,21,22,23,25)/t13-,19-/m1/s1. The third-order valence-electron chi connectivity index (χ3n) is 6.04. The lowest BCUT2D eigenvalue weighted by molar-refractivity contribution is -0.142. The summed E-state index contributed by atoms with van der Waals surface area (Å²) in [5.41, 5.74) is -0.637. The number of carbonyl (C=O) groups excluding carboxylic acids is 2. The first-order valence-electron chi connectivity index (χ1n) is 9.30. The number of amides is 2. The average molecular weight is 377 g/mol. The molecule has 0 aliphatic heterocycles. The van der Waals surface area contributed by atoms with Crippen molar-refractivity contribution in [3.8, 4) is 0 Å². The maximum absolute atomic E-state index is 12.9. The van der Waals surface area contributed by atoms with E-state index in [2.05, 4.69) is 20.6 Å². The molecule has 8 nitrogen and oxygen atoms in total.